The summed E-state index contributed by atoms with van der Waals surface area (Å²) in [5.41, 5.74) is -0.924. The zero-order chi connectivity index (χ0) is 17.7. The van der Waals surface area contributed by atoms with Gasteiger partial charge in [-0.3, -0.25) is 4.79 Å². The van der Waals surface area contributed by atoms with Crippen molar-refractivity contribution in [3.05, 3.63) is 29.8 Å². The molecule has 23 heavy (non-hydrogen) atoms. The molecule has 1 atom stereocenters. The molecule has 0 fully saturated rings. The molecule has 0 radical (unpaired) electrons. The smallest absolute Gasteiger partial charge is 0.480 e. The fourth-order valence-electron chi connectivity index (χ4n) is 2.07. The van der Waals surface area contributed by atoms with Crippen LogP contribution in [0.15, 0.2) is 24.3 Å². The maximum Gasteiger partial charge on any atom is 0.573 e. The number of hydrogen-bond acceptors (Lipinski definition) is 3. The second-order valence-corrected chi connectivity index (χ2v) is 5.30. The van der Waals surface area contributed by atoms with Crippen LogP contribution < -0.4 is 10.1 Å². The van der Waals surface area contributed by atoms with Gasteiger partial charge >= 0.3 is 12.3 Å². The summed E-state index contributed by atoms with van der Waals surface area (Å²) in [6.07, 6.45) is -4.07. The summed E-state index contributed by atoms with van der Waals surface area (Å²) in [6, 6.07) is 4.83. The fraction of sp³-hybridized carbons (Fsp3) is 0.467. The zero-order valence-corrected chi connectivity index (χ0v) is 12.7. The summed E-state index contributed by atoms with van der Waals surface area (Å²) in [5, 5.41) is 11.6. The van der Waals surface area contributed by atoms with E-state index >= 15 is 0 Å². The van der Waals surface area contributed by atoms with Crippen LogP contribution in [-0.4, -0.2) is 28.9 Å². The van der Waals surface area contributed by atoms with Crippen LogP contribution in [0.4, 0.5) is 13.2 Å². The Bertz CT molecular complexity index is 557. The van der Waals surface area contributed by atoms with Crippen LogP contribution in [0.3, 0.4) is 0 Å². The number of carbonyl (C=O) groups excluding carboxylic acids is 1. The van der Waals surface area contributed by atoms with E-state index in [9.17, 15) is 27.9 Å². The fourth-order valence-corrected chi connectivity index (χ4v) is 2.07. The van der Waals surface area contributed by atoms with Gasteiger partial charge in [0.1, 0.15) is 11.3 Å². The number of ether oxygens (including phenoxy) is 1. The van der Waals surface area contributed by atoms with Crippen molar-refractivity contribution in [2.24, 2.45) is 0 Å². The molecule has 2 N–H and O–H groups in total. The molecular weight excluding hydrogens is 315 g/mol. The lowest BCUT2D eigenvalue weighted by Crippen LogP contribution is -2.52. The summed E-state index contributed by atoms with van der Waals surface area (Å²) < 4.78 is 39.9. The number of aliphatic carboxylic acids is 1. The van der Waals surface area contributed by atoms with Gasteiger partial charge in [-0.15, -0.1) is 13.2 Å². The second kappa shape index (κ2) is 7.34. The Hall–Kier alpha value is -2.25. The van der Waals surface area contributed by atoms with Crippen molar-refractivity contribution in [3.63, 3.8) is 0 Å². The van der Waals surface area contributed by atoms with Gasteiger partial charge in [-0.05, 0) is 31.0 Å². The van der Waals surface area contributed by atoms with Gasteiger partial charge < -0.3 is 15.2 Å². The van der Waals surface area contributed by atoms with Gasteiger partial charge in [-0.2, -0.15) is 0 Å². The average Bonchev–Trinajstić information content (AvgIpc) is 2.39. The van der Waals surface area contributed by atoms with Crippen molar-refractivity contribution in [3.8, 4) is 5.75 Å². The van der Waals surface area contributed by atoms with Crippen LogP contribution in [0, 0.1) is 0 Å². The molecule has 0 aliphatic carbocycles. The third-order valence-corrected chi connectivity index (χ3v) is 3.16. The van der Waals surface area contributed by atoms with Crippen molar-refractivity contribution < 1.29 is 32.6 Å². The molecule has 0 saturated carbocycles. The highest BCUT2D eigenvalue weighted by atomic mass is 19.4. The maximum absolute atomic E-state index is 12.0. The van der Waals surface area contributed by atoms with E-state index in [2.05, 4.69) is 10.1 Å². The van der Waals surface area contributed by atoms with Crippen LogP contribution in [0.5, 0.6) is 5.75 Å². The van der Waals surface area contributed by atoms with Gasteiger partial charge in [-0.25, -0.2) is 4.79 Å². The summed E-state index contributed by atoms with van der Waals surface area (Å²) >= 11 is 0. The van der Waals surface area contributed by atoms with Gasteiger partial charge in [0.25, 0.3) is 0 Å². The Morgan fingerprint density at radius 2 is 1.78 bits per heavy atom. The highest BCUT2D eigenvalue weighted by Gasteiger charge is 2.33. The van der Waals surface area contributed by atoms with Crippen molar-refractivity contribution in [2.45, 2.75) is 45.0 Å². The lowest BCUT2D eigenvalue weighted by molar-refractivity contribution is -0.274. The molecule has 8 heteroatoms. The molecule has 1 unspecified atom stereocenters. The van der Waals surface area contributed by atoms with E-state index in [1.807, 2.05) is 0 Å². The van der Waals surface area contributed by atoms with Crippen LogP contribution >= 0.6 is 0 Å². The predicted molar refractivity (Wildman–Crippen MR) is 75.9 cm³/mol. The summed E-state index contributed by atoms with van der Waals surface area (Å²) in [4.78, 5) is 23.2. The maximum atomic E-state index is 12.0. The zero-order valence-electron chi connectivity index (χ0n) is 12.7. The Kier molecular flexibility index (Phi) is 6.00. The number of carboxylic acid groups (broad SMARTS) is 1. The van der Waals surface area contributed by atoms with Crippen molar-refractivity contribution in [1.82, 2.24) is 5.32 Å². The first kappa shape index (κ1) is 18.8. The summed E-state index contributed by atoms with van der Waals surface area (Å²) in [5.74, 6) is -2.04. The van der Waals surface area contributed by atoms with E-state index < -0.39 is 23.8 Å². The van der Waals surface area contributed by atoms with Crippen molar-refractivity contribution in [1.29, 1.82) is 0 Å². The van der Waals surface area contributed by atoms with Crippen molar-refractivity contribution >= 4 is 11.9 Å². The SMILES string of the molecule is CCCC(C)(NC(=O)Cc1ccc(OC(F)(F)F)cc1)C(=O)O. The minimum atomic E-state index is -4.78. The number of alkyl halides is 3. The van der Waals surface area contributed by atoms with Gasteiger partial charge in [0, 0.05) is 0 Å². The van der Waals surface area contributed by atoms with Gasteiger partial charge in [-0.1, -0.05) is 25.5 Å². The highest BCUT2D eigenvalue weighted by molar-refractivity contribution is 5.87. The quantitative estimate of drug-likeness (QED) is 0.804. The molecule has 1 aromatic rings. The van der Waals surface area contributed by atoms with Gasteiger partial charge in [0.15, 0.2) is 0 Å². The van der Waals surface area contributed by atoms with E-state index in [0.717, 1.165) is 12.1 Å². The van der Waals surface area contributed by atoms with E-state index in [0.29, 0.717) is 12.0 Å². The van der Waals surface area contributed by atoms with E-state index in [1.54, 1.807) is 6.92 Å². The summed E-state index contributed by atoms with van der Waals surface area (Å²) in [7, 11) is 0. The summed E-state index contributed by atoms with van der Waals surface area (Å²) in [6.45, 7) is 3.21. The van der Waals surface area contributed by atoms with Crippen LogP contribution in [0.1, 0.15) is 32.3 Å². The Morgan fingerprint density at radius 3 is 2.22 bits per heavy atom. The number of carboxylic acids is 1. The third kappa shape index (κ3) is 6.17. The number of benzene rings is 1. The topological polar surface area (TPSA) is 75.6 Å². The number of hydrogen-bond donors (Lipinski definition) is 2. The van der Waals surface area contributed by atoms with E-state index in [4.69, 9.17) is 0 Å². The molecule has 0 bridgehead atoms. The number of amides is 1. The molecule has 5 nitrogen and oxygen atoms in total. The number of rotatable bonds is 7. The molecule has 0 heterocycles. The largest absolute Gasteiger partial charge is 0.573 e. The number of halogens is 3. The third-order valence-electron chi connectivity index (χ3n) is 3.16. The van der Waals surface area contributed by atoms with Gasteiger partial charge in [0.05, 0.1) is 6.42 Å². The monoisotopic (exact) mass is 333 g/mol. The van der Waals surface area contributed by atoms with Crippen LogP contribution in [0.25, 0.3) is 0 Å². The van der Waals surface area contributed by atoms with Crippen LogP contribution in [-0.2, 0) is 16.0 Å². The average molecular weight is 333 g/mol. The first-order valence-corrected chi connectivity index (χ1v) is 6.95. The molecule has 1 rings (SSSR count). The molecule has 0 spiro atoms. The number of carbonyl (C=O) groups is 2. The molecule has 0 aromatic heterocycles. The minimum absolute atomic E-state index is 0.140. The van der Waals surface area contributed by atoms with Crippen molar-refractivity contribution in [2.75, 3.05) is 0 Å². The lowest BCUT2D eigenvalue weighted by Gasteiger charge is -2.25. The molecule has 0 saturated heterocycles. The van der Waals surface area contributed by atoms with E-state index in [1.165, 1.54) is 19.1 Å². The number of nitrogens with one attached hydrogen (secondary N) is 1. The highest BCUT2D eigenvalue weighted by Crippen LogP contribution is 2.23. The molecule has 1 amide bonds. The molecule has 0 aliphatic rings. The molecule has 128 valence electrons. The standard InChI is InChI=1S/C15H18F3NO4/c1-3-8-14(2,13(21)22)19-12(20)9-10-4-6-11(7-5-10)23-15(16,17)18/h4-7H,3,8-9H2,1-2H3,(H,19,20)(H,21,22). The van der Waals surface area contributed by atoms with Crippen LogP contribution in [0.2, 0.25) is 0 Å². The Labute approximate surface area is 131 Å². The molecular formula is C15H18F3NO4. The predicted octanol–water partition coefficient (Wildman–Crippen LogP) is 2.89. The van der Waals surface area contributed by atoms with E-state index in [-0.39, 0.29) is 18.6 Å². The minimum Gasteiger partial charge on any atom is -0.480 e. The Balaban J connectivity index is 2.69. The first-order valence-electron chi connectivity index (χ1n) is 6.95. The Morgan fingerprint density at radius 1 is 1.22 bits per heavy atom. The molecule has 1 aromatic carbocycles. The first-order chi connectivity index (χ1) is 10.6. The molecule has 0 aliphatic heterocycles. The normalized spacial score (nSPS) is 14.0. The lowest BCUT2D eigenvalue weighted by atomic mass is 9.96. The van der Waals surface area contributed by atoms with Gasteiger partial charge in [0.2, 0.25) is 5.91 Å². The second-order valence-electron chi connectivity index (χ2n) is 5.30.